The van der Waals surface area contributed by atoms with Crippen molar-refractivity contribution >= 4 is 17.3 Å². The van der Waals surface area contributed by atoms with Crippen LogP contribution in [-0.4, -0.2) is 16.1 Å². The zero-order chi connectivity index (χ0) is 7.56. The van der Waals surface area contributed by atoms with E-state index in [-0.39, 0.29) is 5.01 Å². The van der Waals surface area contributed by atoms with E-state index in [0.717, 1.165) is 17.0 Å². The van der Waals surface area contributed by atoms with E-state index in [4.69, 9.17) is 5.11 Å². The second-order valence-electron chi connectivity index (χ2n) is 1.70. The Bertz CT molecular complexity index is 244. The monoisotopic (exact) mass is 156 g/mol. The zero-order valence-corrected chi connectivity index (χ0v) is 6.02. The summed E-state index contributed by atoms with van der Waals surface area (Å²) in [6.45, 7) is 3.58. The number of rotatable bonds is 2. The summed E-state index contributed by atoms with van der Waals surface area (Å²) < 4.78 is 0. The lowest BCUT2D eigenvalue weighted by Gasteiger charge is -1.82. The van der Waals surface area contributed by atoms with Crippen molar-refractivity contribution < 1.29 is 9.90 Å². The molecule has 0 spiro atoms. The summed E-state index contributed by atoms with van der Waals surface area (Å²) >= 11 is 1.13. The van der Waals surface area contributed by atoms with E-state index < -0.39 is 5.97 Å². The fourth-order valence-electron chi connectivity index (χ4n) is 0.520. The number of nitrogens with zero attached hydrogens (tertiary/aromatic N) is 1. The van der Waals surface area contributed by atoms with Crippen LogP contribution in [0.3, 0.4) is 0 Å². The molecule has 0 saturated heterocycles. The summed E-state index contributed by atoms with van der Waals surface area (Å²) in [6, 6.07) is 0. The largest absolute Gasteiger partial charge is 0.476 e. The first-order valence-corrected chi connectivity index (χ1v) is 3.59. The number of carbonyl (C=O) groups is 1. The molecule has 1 heterocycles. The minimum Gasteiger partial charge on any atom is -0.476 e. The number of thiazole rings is 1. The zero-order valence-electron chi connectivity index (χ0n) is 5.20. The molecule has 0 aromatic carbocycles. The van der Waals surface area contributed by atoms with Crippen LogP contribution in [0.4, 0.5) is 0 Å². The Labute approximate surface area is 62.3 Å². The van der Waals surface area contributed by atoms with Gasteiger partial charge >= 0.3 is 5.97 Å². The minimum absolute atomic E-state index is 0.138. The number of hydrogen-bond acceptors (Lipinski definition) is 3. The molecule has 0 aliphatic heterocycles. The fraction of sp³-hybridized carbons (Fsp3) is 0.167. The Morgan fingerprint density at radius 3 is 2.90 bits per heavy atom. The molecule has 4 heteroatoms. The third kappa shape index (κ3) is 1.33. The van der Waals surface area contributed by atoms with Crippen LogP contribution in [0.2, 0.25) is 0 Å². The van der Waals surface area contributed by atoms with Gasteiger partial charge < -0.3 is 5.11 Å². The van der Waals surface area contributed by atoms with Gasteiger partial charge in [-0.1, -0.05) is 0 Å². The summed E-state index contributed by atoms with van der Waals surface area (Å²) in [5.74, 6) is -0.968. The first-order chi connectivity index (χ1) is 4.74. The Kier molecular flexibility index (Phi) is 2.01. The molecule has 1 N–H and O–H groups in total. The molecule has 0 saturated carbocycles. The third-order valence-corrected chi connectivity index (χ3v) is 1.87. The van der Waals surface area contributed by atoms with Crippen molar-refractivity contribution in [3.8, 4) is 0 Å². The maximum Gasteiger partial charge on any atom is 0.365 e. The molecule has 1 aromatic rings. The van der Waals surface area contributed by atoms with Crippen LogP contribution in [0.1, 0.15) is 15.5 Å². The van der Waals surface area contributed by atoms with Gasteiger partial charge in [0.25, 0.3) is 0 Å². The molecule has 1 aromatic heterocycles. The standard InChI is InChI=1S/C6H6NO2S/c1-2-4-3-10-5(7-4)6(8)9/h3H,1-2H2,(H,8,9). The van der Waals surface area contributed by atoms with Crippen LogP contribution >= 0.6 is 11.3 Å². The highest BCUT2D eigenvalue weighted by Gasteiger charge is 2.06. The van der Waals surface area contributed by atoms with E-state index in [0.29, 0.717) is 6.42 Å². The summed E-state index contributed by atoms with van der Waals surface area (Å²) in [5.41, 5.74) is 0.738. The van der Waals surface area contributed by atoms with Crippen LogP contribution in [0, 0.1) is 6.92 Å². The summed E-state index contributed by atoms with van der Waals surface area (Å²) in [5, 5.41) is 10.3. The van der Waals surface area contributed by atoms with Gasteiger partial charge in [0.15, 0.2) is 0 Å². The van der Waals surface area contributed by atoms with Crippen LogP contribution in [-0.2, 0) is 6.42 Å². The highest BCUT2D eigenvalue weighted by molar-refractivity contribution is 7.11. The SMILES string of the molecule is [CH2]Cc1csc(C(=O)O)n1. The number of hydrogen-bond donors (Lipinski definition) is 1. The average Bonchev–Trinajstić information content (AvgIpc) is 2.34. The van der Waals surface area contributed by atoms with Crippen molar-refractivity contribution in [2.75, 3.05) is 0 Å². The lowest BCUT2D eigenvalue weighted by molar-refractivity contribution is 0.0696. The van der Waals surface area contributed by atoms with Crippen LogP contribution in [0.25, 0.3) is 0 Å². The third-order valence-electron chi connectivity index (χ3n) is 0.991. The molecule has 0 fully saturated rings. The van der Waals surface area contributed by atoms with E-state index in [1.54, 1.807) is 5.38 Å². The molecule has 0 aliphatic rings. The van der Waals surface area contributed by atoms with Gasteiger partial charge in [-0.25, -0.2) is 9.78 Å². The van der Waals surface area contributed by atoms with Gasteiger partial charge in [-0.15, -0.1) is 11.3 Å². The Hall–Kier alpha value is -0.900. The van der Waals surface area contributed by atoms with Crippen molar-refractivity contribution in [3.05, 3.63) is 23.0 Å². The molecule has 1 rings (SSSR count). The highest BCUT2D eigenvalue weighted by atomic mass is 32.1. The van der Waals surface area contributed by atoms with E-state index in [1.165, 1.54) is 0 Å². The van der Waals surface area contributed by atoms with Crippen molar-refractivity contribution in [1.82, 2.24) is 4.98 Å². The van der Waals surface area contributed by atoms with Gasteiger partial charge in [-0.3, -0.25) is 0 Å². The van der Waals surface area contributed by atoms with Crippen LogP contribution < -0.4 is 0 Å². The molecule has 0 unspecified atom stereocenters. The number of carboxylic acid groups (broad SMARTS) is 1. The smallest absolute Gasteiger partial charge is 0.365 e. The highest BCUT2D eigenvalue weighted by Crippen LogP contribution is 2.09. The first-order valence-electron chi connectivity index (χ1n) is 2.71. The Morgan fingerprint density at radius 2 is 2.60 bits per heavy atom. The second-order valence-corrected chi connectivity index (χ2v) is 2.56. The van der Waals surface area contributed by atoms with E-state index >= 15 is 0 Å². The topological polar surface area (TPSA) is 50.2 Å². The summed E-state index contributed by atoms with van der Waals surface area (Å²) in [6.07, 6.45) is 0.545. The molecule has 10 heavy (non-hydrogen) atoms. The molecular weight excluding hydrogens is 150 g/mol. The normalized spacial score (nSPS) is 9.70. The van der Waals surface area contributed by atoms with Gasteiger partial charge in [0.1, 0.15) is 0 Å². The van der Waals surface area contributed by atoms with Gasteiger partial charge in [-0.05, 0) is 13.3 Å². The predicted octanol–water partition coefficient (Wildman–Crippen LogP) is 1.22. The first kappa shape index (κ1) is 7.21. The van der Waals surface area contributed by atoms with Crippen LogP contribution in [0.5, 0.6) is 0 Å². The molecule has 0 aliphatic carbocycles. The van der Waals surface area contributed by atoms with Gasteiger partial charge in [0.2, 0.25) is 5.01 Å². The predicted molar refractivity (Wildman–Crippen MR) is 38.1 cm³/mol. The van der Waals surface area contributed by atoms with Crippen molar-refractivity contribution in [2.24, 2.45) is 0 Å². The Morgan fingerprint density at radius 1 is 1.90 bits per heavy atom. The number of aromatic carboxylic acids is 1. The van der Waals surface area contributed by atoms with Crippen LogP contribution in [0.15, 0.2) is 5.38 Å². The lowest BCUT2D eigenvalue weighted by atomic mass is 10.4. The van der Waals surface area contributed by atoms with Gasteiger partial charge in [0, 0.05) is 5.38 Å². The quantitative estimate of drug-likeness (QED) is 0.700. The van der Waals surface area contributed by atoms with Crippen molar-refractivity contribution in [1.29, 1.82) is 0 Å². The van der Waals surface area contributed by atoms with E-state index in [2.05, 4.69) is 11.9 Å². The van der Waals surface area contributed by atoms with Gasteiger partial charge in [-0.2, -0.15) is 0 Å². The lowest BCUT2D eigenvalue weighted by Crippen LogP contribution is -1.94. The van der Waals surface area contributed by atoms with Crippen molar-refractivity contribution in [3.63, 3.8) is 0 Å². The van der Waals surface area contributed by atoms with E-state index in [9.17, 15) is 4.79 Å². The minimum atomic E-state index is -0.968. The fourth-order valence-corrected chi connectivity index (χ4v) is 1.21. The maximum absolute atomic E-state index is 10.3. The van der Waals surface area contributed by atoms with Crippen molar-refractivity contribution in [2.45, 2.75) is 6.42 Å². The molecule has 0 amide bonds. The molecule has 1 radical (unpaired) electrons. The molecule has 0 bridgehead atoms. The molecule has 0 atom stereocenters. The average molecular weight is 156 g/mol. The summed E-state index contributed by atoms with van der Waals surface area (Å²) in [4.78, 5) is 14.0. The second kappa shape index (κ2) is 2.79. The molecule has 3 nitrogen and oxygen atoms in total. The maximum atomic E-state index is 10.3. The summed E-state index contributed by atoms with van der Waals surface area (Å²) in [7, 11) is 0. The van der Waals surface area contributed by atoms with E-state index in [1.807, 2.05) is 0 Å². The number of carboxylic acids is 1. The Balaban J connectivity index is 2.88. The number of aromatic nitrogens is 1. The van der Waals surface area contributed by atoms with Gasteiger partial charge in [0.05, 0.1) is 5.69 Å². The molecule has 53 valence electrons. The molecular formula is C6H6NO2S.